The smallest absolute Gasteiger partial charge is 0.416 e. The fourth-order valence-electron chi connectivity index (χ4n) is 2.10. The molecule has 0 saturated heterocycles. The third kappa shape index (κ3) is 4.32. The molecular weight excluding hydrogens is 369 g/mol. The van der Waals surface area contributed by atoms with E-state index in [1.807, 2.05) is 19.1 Å². The zero-order chi connectivity index (χ0) is 18.0. The van der Waals surface area contributed by atoms with Crippen molar-refractivity contribution >= 4 is 23.3 Å². The van der Waals surface area contributed by atoms with Crippen molar-refractivity contribution in [2.45, 2.75) is 23.7 Å². The fourth-order valence-corrected chi connectivity index (χ4v) is 3.73. The lowest BCUT2D eigenvalue weighted by Gasteiger charge is -2.06. The highest BCUT2D eigenvalue weighted by Gasteiger charge is 2.30. The average molecular weight is 382 g/mol. The fraction of sp³-hybridized carbons (Fsp3) is 0.176. The summed E-state index contributed by atoms with van der Waals surface area (Å²) in [5.74, 6) is 1.28. The molecule has 0 aliphatic rings. The second-order valence-electron chi connectivity index (χ2n) is 5.32. The molecule has 0 atom stereocenters. The van der Waals surface area contributed by atoms with E-state index in [2.05, 4.69) is 9.36 Å². The van der Waals surface area contributed by atoms with Crippen molar-refractivity contribution in [2.24, 2.45) is 0 Å². The first-order valence-corrected chi connectivity index (χ1v) is 9.01. The second kappa shape index (κ2) is 7.05. The van der Waals surface area contributed by atoms with Gasteiger partial charge in [0.2, 0.25) is 0 Å². The van der Waals surface area contributed by atoms with E-state index in [4.69, 9.17) is 0 Å². The number of hydrogen-bond donors (Lipinski definition) is 1. The Bertz CT molecular complexity index is 876. The predicted octanol–water partition coefficient (Wildman–Crippen LogP) is 5.53. The maximum atomic E-state index is 12.6. The number of phenols is 1. The van der Waals surface area contributed by atoms with Gasteiger partial charge in [-0.25, -0.2) is 4.98 Å². The first-order chi connectivity index (χ1) is 11.8. The van der Waals surface area contributed by atoms with Crippen molar-refractivity contribution in [2.75, 3.05) is 0 Å². The van der Waals surface area contributed by atoms with Crippen LogP contribution in [0.2, 0.25) is 0 Å². The van der Waals surface area contributed by atoms with E-state index in [9.17, 15) is 18.3 Å². The third-order valence-electron chi connectivity index (χ3n) is 3.47. The van der Waals surface area contributed by atoms with E-state index in [0.29, 0.717) is 17.1 Å². The topological polar surface area (TPSA) is 46.0 Å². The Balaban J connectivity index is 1.68. The Morgan fingerprint density at radius 2 is 1.84 bits per heavy atom. The van der Waals surface area contributed by atoms with Crippen molar-refractivity contribution < 1.29 is 18.3 Å². The molecule has 0 aliphatic heterocycles. The normalized spacial score (nSPS) is 11.7. The number of rotatable bonds is 4. The van der Waals surface area contributed by atoms with Crippen LogP contribution in [-0.4, -0.2) is 14.5 Å². The molecule has 3 aromatic rings. The van der Waals surface area contributed by atoms with Crippen molar-refractivity contribution in [3.63, 3.8) is 0 Å². The lowest BCUT2D eigenvalue weighted by atomic mass is 10.1. The summed E-state index contributed by atoms with van der Waals surface area (Å²) < 4.78 is 42.0. The second-order valence-corrected chi connectivity index (χ2v) is 7.21. The molecule has 0 amide bonds. The molecule has 2 aromatic carbocycles. The summed E-state index contributed by atoms with van der Waals surface area (Å²) in [7, 11) is 0. The molecule has 3 rings (SSSR count). The average Bonchev–Trinajstić information content (AvgIpc) is 3.04. The summed E-state index contributed by atoms with van der Waals surface area (Å²) >= 11 is 2.79. The SMILES string of the molecule is Cc1cc(SCc2nc(-c3ccc(C(F)(F)F)cc3)ns2)ccc1O. The molecule has 0 aliphatic carbocycles. The third-order valence-corrected chi connectivity index (χ3v) is 5.37. The van der Waals surface area contributed by atoms with Gasteiger partial charge in [0.05, 0.1) is 11.3 Å². The van der Waals surface area contributed by atoms with Crippen LogP contribution in [0.3, 0.4) is 0 Å². The number of aryl methyl sites for hydroxylation is 1. The van der Waals surface area contributed by atoms with Crippen molar-refractivity contribution in [3.05, 3.63) is 58.6 Å². The molecule has 0 radical (unpaired) electrons. The monoisotopic (exact) mass is 382 g/mol. The molecule has 8 heteroatoms. The molecule has 0 saturated carbocycles. The molecule has 0 unspecified atom stereocenters. The molecule has 0 spiro atoms. The molecule has 3 nitrogen and oxygen atoms in total. The molecule has 0 fully saturated rings. The lowest BCUT2D eigenvalue weighted by Crippen LogP contribution is -2.04. The number of alkyl halides is 3. The van der Waals surface area contributed by atoms with E-state index in [1.54, 1.807) is 17.8 Å². The molecule has 130 valence electrons. The van der Waals surface area contributed by atoms with Crippen molar-refractivity contribution in [3.8, 4) is 17.1 Å². The maximum absolute atomic E-state index is 12.6. The first-order valence-electron chi connectivity index (χ1n) is 7.25. The van der Waals surface area contributed by atoms with Crippen LogP contribution in [0.4, 0.5) is 13.2 Å². The van der Waals surface area contributed by atoms with Gasteiger partial charge in [-0.05, 0) is 54.4 Å². The Kier molecular flexibility index (Phi) is 5.01. The van der Waals surface area contributed by atoms with E-state index < -0.39 is 11.7 Å². The van der Waals surface area contributed by atoms with Crippen LogP contribution in [0.5, 0.6) is 5.75 Å². The number of aromatic nitrogens is 2. The summed E-state index contributed by atoms with van der Waals surface area (Å²) in [6, 6.07) is 10.2. The molecular formula is C17H13F3N2OS2. The number of hydrogen-bond acceptors (Lipinski definition) is 5. The van der Waals surface area contributed by atoms with Gasteiger partial charge in [0.15, 0.2) is 5.82 Å². The first kappa shape index (κ1) is 17.8. The Morgan fingerprint density at radius 3 is 2.48 bits per heavy atom. The number of nitrogens with zero attached hydrogens (tertiary/aromatic N) is 2. The minimum atomic E-state index is -4.35. The van der Waals surface area contributed by atoms with Crippen LogP contribution < -0.4 is 0 Å². The van der Waals surface area contributed by atoms with Crippen LogP contribution in [0, 0.1) is 6.92 Å². The van der Waals surface area contributed by atoms with E-state index in [1.165, 1.54) is 23.7 Å². The Morgan fingerprint density at radius 1 is 1.12 bits per heavy atom. The van der Waals surface area contributed by atoms with Gasteiger partial charge in [-0.2, -0.15) is 17.5 Å². The van der Waals surface area contributed by atoms with Crippen LogP contribution >= 0.6 is 23.3 Å². The molecule has 1 aromatic heterocycles. The molecule has 1 N–H and O–H groups in total. The van der Waals surface area contributed by atoms with Gasteiger partial charge in [-0.1, -0.05) is 12.1 Å². The highest BCUT2D eigenvalue weighted by molar-refractivity contribution is 7.98. The predicted molar refractivity (Wildman–Crippen MR) is 92.8 cm³/mol. The van der Waals surface area contributed by atoms with Crippen LogP contribution in [0.1, 0.15) is 16.1 Å². The number of benzene rings is 2. The Labute approximate surface area is 150 Å². The zero-order valence-corrected chi connectivity index (χ0v) is 14.7. The van der Waals surface area contributed by atoms with E-state index in [0.717, 1.165) is 27.6 Å². The number of thioether (sulfide) groups is 1. The largest absolute Gasteiger partial charge is 0.508 e. The quantitative estimate of drug-likeness (QED) is 0.603. The van der Waals surface area contributed by atoms with Crippen LogP contribution in [0.25, 0.3) is 11.4 Å². The summed E-state index contributed by atoms with van der Waals surface area (Å²) in [6.45, 7) is 1.83. The van der Waals surface area contributed by atoms with Crippen LogP contribution in [0.15, 0.2) is 47.4 Å². The van der Waals surface area contributed by atoms with Gasteiger partial charge in [-0.15, -0.1) is 11.8 Å². The summed E-state index contributed by atoms with van der Waals surface area (Å²) in [5.41, 5.74) is 0.665. The minimum absolute atomic E-state index is 0.254. The number of halogens is 3. The molecule has 0 bridgehead atoms. The van der Waals surface area contributed by atoms with E-state index in [-0.39, 0.29) is 5.75 Å². The van der Waals surface area contributed by atoms with Crippen molar-refractivity contribution in [1.29, 1.82) is 0 Å². The minimum Gasteiger partial charge on any atom is -0.508 e. The van der Waals surface area contributed by atoms with E-state index >= 15 is 0 Å². The summed E-state index contributed by atoms with van der Waals surface area (Å²) in [4.78, 5) is 5.38. The molecule has 25 heavy (non-hydrogen) atoms. The van der Waals surface area contributed by atoms with Gasteiger partial charge in [0.1, 0.15) is 10.8 Å². The van der Waals surface area contributed by atoms with Gasteiger partial charge < -0.3 is 5.11 Å². The maximum Gasteiger partial charge on any atom is 0.416 e. The van der Waals surface area contributed by atoms with Crippen LogP contribution in [-0.2, 0) is 11.9 Å². The zero-order valence-electron chi connectivity index (χ0n) is 13.0. The highest BCUT2D eigenvalue weighted by atomic mass is 32.2. The standard InChI is InChI=1S/C17H13F3N2OS2/c1-10-8-13(6-7-14(10)23)24-9-15-21-16(22-25-15)11-2-4-12(5-3-11)17(18,19)20/h2-8,23H,9H2,1H3. The molecule has 1 heterocycles. The number of aromatic hydroxyl groups is 1. The number of phenolic OH excluding ortho intramolecular Hbond substituents is 1. The van der Waals surface area contributed by atoms with Gasteiger partial charge in [0, 0.05) is 10.5 Å². The highest BCUT2D eigenvalue weighted by Crippen LogP contribution is 2.31. The summed E-state index contributed by atoms with van der Waals surface area (Å²) in [5, 5.41) is 10.3. The van der Waals surface area contributed by atoms with Crippen molar-refractivity contribution in [1.82, 2.24) is 9.36 Å². The van der Waals surface area contributed by atoms with Gasteiger partial charge in [-0.3, -0.25) is 0 Å². The van der Waals surface area contributed by atoms with Gasteiger partial charge >= 0.3 is 6.18 Å². The summed E-state index contributed by atoms with van der Waals surface area (Å²) in [6.07, 6.45) is -4.35. The Hall–Kier alpha value is -2.06. The lowest BCUT2D eigenvalue weighted by molar-refractivity contribution is -0.137. The van der Waals surface area contributed by atoms with Gasteiger partial charge in [0.25, 0.3) is 0 Å².